The van der Waals surface area contributed by atoms with E-state index in [1.165, 1.54) is 32.1 Å². The SMILES string of the molecule is CCCCCCCCC(CN)=S=O. The van der Waals surface area contributed by atoms with Crippen LogP contribution < -0.4 is 5.73 Å². The molecule has 0 aliphatic rings. The maximum Gasteiger partial charge on any atom is 0.0889 e. The van der Waals surface area contributed by atoms with Gasteiger partial charge in [0, 0.05) is 11.4 Å². The quantitative estimate of drug-likeness (QED) is 0.485. The van der Waals surface area contributed by atoms with Crippen molar-refractivity contribution in [3.63, 3.8) is 0 Å². The zero-order valence-corrected chi connectivity index (χ0v) is 9.37. The Morgan fingerprint density at radius 1 is 1.15 bits per heavy atom. The Balaban J connectivity index is 3.20. The minimum Gasteiger partial charge on any atom is -0.326 e. The number of unbranched alkanes of at least 4 members (excludes halogenated alkanes) is 5. The van der Waals surface area contributed by atoms with Crippen molar-refractivity contribution in [2.75, 3.05) is 6.54 Å². The van der Waals surface area contributed by atoms with E-state index in [1.807, 2.05) is 0 Å². The van der Waals surface area contributed by atoms with Gasteiger partial charge in [-0.25, -0.2) is 4.21 Å². The first-order valence-corrected chi connectivity index (χ1v) is 5.93. The molecule has 0 aliphatic heterocycles. The second-order valence-corrected chi connectivity index (χ2v) is 4.09. The Morgan fingerprint density at radius 3 is 2.31 bits per heavy atom. The summed E-state index contributed by atoms with van der Waals surface area (Å²) in [5, 5.41) is 0. The lowest BCUT2D eigenvalue weighted by atomic mass is 10.1. The van der Waals surface area contributed by atoms with E-state index in [9.17, 15) is 4.21 Å². The molecule has 0 bridgehead atoms. The van der Waals surface area contributed by atoms with Crippen molar-refractivity contribution in [2.24, 2.45) is 5.73 Å². The van der Waals surface area contributed by atoms with Crippen molar-refractivity contribution in [3.8, 4) is 0 Å². The highest BCUT2D eigenvalue weighted by atomic mass is 32.1. The van der Waals surface area contributed by atoms with Gasteiger partial charge in [0.2, 0.25) is 0 Å². The van der Waals surface area contributed by atoms with Crippen LogP contribution in [0.4, 0.5) is 0 Å². The molecule has 78 valence electrons. The van der Waals surface area contributed by atoms with Crippen LogP contribution in [0.5, 0.6) is 0 Å². The molecule has 0 atom stereocenters. The summed E-state index contributed by atoms with van der Waals surface area (Å²) < 4.78 is 10.4. The molecule has 0 saturated heterocycles. The minimum absolute atomic E-state index is 0.448. The summed E-state index contributed by atoms with van der Waals surface area (Å²) in [6.07, 6.45) is 8.54. The lowest BCUT2D eigenvalue weighted by molar-refractivity contribution is 0.615. The zero-order chi connectivity index (χ0) is 9.94. The van der Waals surface area contributed by atoms with Crippen LogP contribution in [0.1, 0.15) is 51.9 Å². The van der Waals surface area contributed by atoms with E-state index in [2.05, 4.69) is 6.92 Å². The van der Waals surface area contributed by atoms with Crippen LogP contribution in [0.3, 0.4) is 0 Å². The lowest BCUT2D eigenvalue weighted by Crippen LogP contribution is -2.13. The molecular formula is C10H21NOS. The summed E-state index contributed by atoms with van der Waals surface area (Å²) in [5.74, 6) is 0. The molecule has 0 radical (unpaired) electrons. The third kappa shape index (κ3) is 8.19. The molecule has 0 amide bonds. The van der Waals surface area contributed by atoms with Gasteiger partial charge in [-0.15, -0.1) is 0 Å². The fourth-order valence-corrected chi connectivity index (χ4v) is 1.58. The van der Waals surface area contributed by atoms with Crippen LogP contribution in [0.15, 0.2) is 0 Å². The minimum atomic E-state index is 0.448. The van der Waals surface area contributed by atoms with Crippen molar-refractivity contribution in [1.82, 2.24) is 0 Å². The van der Waals surface area contributed by atoms with Crippen molar-refractivity contribution < 1.29 is 4.21 Å². The molecule has 3 heteroatoms. The van der Waals surface area contributed by atoms with E-state index in [0.717, 1.165) is 17.7 Å². The Bertz CT molecular complexity index is 164. The molecule has 2 N–H and O–H groups in total. The first kappa shape index (κ1) is 12.8. The van der Waals surface area contributed by atoms with E-state index in [1.54, 1.807) is 0 Å². The Labute approximate surface area is 85.0 Å². The number of hydrogen-bond acceptors (Lipinski definition) is 2. The Hall–Kier alpha value is -0.150. The first-order valence-electron chi connectivity index (χ1n) is 5.19. The van der Waals surface area contributed by atoms with Gasteiger partial charge in [-0.05, 0) is 12.8 Å². The highest BCUT2D eigenvalue weighted by Crippen LogP contribution is 2.06. The standard InChI is InChI=1S/C10H21NOS/c1-2-3-4-5-6-7-8-10(9-11)13-12/h2-9,11H2,1H3. The van der Waals surface area contributed by atoms with Crippen LogP contribution in [0.2, 0.25) is 0 Å². The molecule has 13 heavy (non-hydrogen) atoms. The predicted molar refractivity (Wildman–Crippen MR) is 60.2 cm³/mol. The highest BCUT2D eigenvalue weighted by Gasteiger charge is 1.95. The van der Waals surface area contributed by atoms with E-state index in [-0.39, 0.29) is 0 Å². The van der Waals surface area contributed by atoms with Gasteiger partial charge in [-0.1, -0.05) is 39.0 Å². The fraction of sp³-hybridized carbons (Fsp3) is 0.900. The molecule has 0 saturated carbocycles. The van der Waals surface area contributed by atoms with Crippen molar-refractivity contribution in [3.05, 3.63) is 0 Å². The first-order chi connectivity index (χ1) is 6.35. The molecule has 0 fully saturated rings. The van der Waals surface area contributed by atoms with E-state index in [4.69, 9.17) is 5.73 Å². The van der Waals surface area contributed by atoms with E-state index in [0.29, 0.717) is 17.8 Å². The van der Waals surface area contributed by atoms with Crippen LogP contribution >= 0.6 is 0 Å². The smallest absolute Gasteiger partial charge is 0.0889 e. The average Bonchev–Trinajstić information content (AvgIpc) is 2.17. The third-order valence-electron chi connectivity index (χ3n) is 2.15. The summed E-state index contributed by atoms with van der Waals surface area (Å²) >= 11 is 0.580. The van der Waals surface area contributed by atoms with Crippen molar-refractivity contribution >= 4 is 16.1 Å². The molecule has 0 spiro atoms. The van der Waals surface area contributed by atoms with Crippen LogP contribution in [-0.4, -0.2) is 15.6 Å². The summed E-state index contributed by atoms with van der Waals surface area (Å²) in [5.41, 5.74) is 5.39. The largest absolute Gasteiger partial charge is 0.326 e. The zero-order valence-electron chi connectivity index (χ0n) is 8.55. The summed E-state index contributed by atoms with van der Waals surface area (Å²) in [6, 6.07) is 0. The number of hydrogen-bond donors (Lipinski definition) is 1. The molecule has 0 aromatic rings. The molecule has 0 unspecified atom stereocenters. The second-order valence-electron chi connectivity index (χ2n) is 3.34. The van der Waals surface area contributed by atoms with Gasteiger partial charge < -0.3 is 5.73 Å². The summed E-state index contributed by atoms with van der Waals surface area (Å²) in [7, 11) is 0. The maximum absolute atomic E-state index is 10.4. The fourth-order valence-electron chi connectivity index (χ4n) is 1.28. The maximum atomic E-state index is 10.4. The molecule has 0 aliphatic carbocycles. The molecule has 2 nitrogen and oxygen atoms in total. The normalized spacial score (nSPS) is 10.0. The van der Waals surface area contributed by atoms with Gasteiger partial charge in [0.25, 0.3) is 0 Å². The van der Waals surface area contributed by atoms with Gasteiger partial charge >= 0.3 is 0 Å². The Morgan fingerprint density at radius 2 is 1.77 bits per heavy atom. The molecule has 0 rings (SSSR count). The third-order valence-corrected chi connectivity index (χ3v) is 2.76. The number of nitrogens with two attached hydrogens (primary N) is 1. The van der Waals surface area contributed by atoms with Gasteiger partial charge in [-0.2, -0.15) is 0 Å². The molecule has 0 aromatic carbocycles. The van der Waals surface area contributed by atoms with Gasteiger partial charge in [0.15, 0.2) is 0 Å². The molecular weight excluding hydrogens is 182 g/mol. The Kier molecular flexibility index (Phi) is 9.82. The van der Waals surface area contributed by atoms with Crippen LogP contribution in [0.25, 0.3) is 0 Å². The monoisotopic (exact) mass is 203 g/mol. The number of rotatable bonds is 8. The van der Waals surface area contributed by atoms with Crippen molar-refractivity contribution in [2.45, 2.75) is 51.9 Å². The van der Waals surface area contributed by atoms with E-state index < -0.39 is 0 Å². The van der Waals surface area contributed by atoms with Crippen LogP contribution in [0, 0.1) is 0 Å². The second kappa shape index (κ2) is 9.93. The lowest BCUT2D eigenvalue weighted by Gasteiger charge is -2.00. The van der Waals surface area contributed by atoms with E-state index >= 15 is 0 Å². The van der Waals surface area contributed by atoms with Crippen LogP contribution in [-0.2, 0) is 11.3 Å². The summed E-state index contributed by atoms with van der Waals surface area (Å²) in [6.45, 7) is 2.66. The van der Waals surface area contributed by atoms with Crippen molar-refractivity contribution in [1.29, 1.82) is 0 Å². The van der Waals surface area contributed by atoms with Gasteiger partial charge in [0.1, 0.15) is 0 Å². The topological polar surface area (TPSA) is 43.1 Å². The van der Waals surface area contributed by atoms with Gasteiger partial charge in [-0.3, -0.25) is 0 Å². The van der Waals surface area contributed by atoms with Gasteiger partial charge in [0.05, 0.1) is 11.3 Å². The average molecular weight is 203 g/mol. The highest BCUT2D eigenvalue weighted by molar-refractivity contribution is 7.66. The summed E-state index contributed by atoms with van der Waals surface area (Å²) in [4.78, 5) is 0.899. The predicted octanol–water partition coefficient (Wildman–Crippen LogP) is 2.08. The molecule has 0 heterocycles. The molecule has 0 aromatic heterocycles.